The molecule has 0 aliphatic heterocycles. The molecule has 2 heteroatoms. The molecule has 0 radical (unpaired) electrons. The first-order valence-electron chi connectivity index (χ1n) is 6.44. The summed E-state index contributed by atoms with van der Waals surface area (Å²) in [6, 6.07) is 7.49. The quantitative estimate of drug-likeness (QED) is 0.699. The third-order valence-electron chi connectivity index (χ3n) is 3.54. The van der Waals surface area contributed by atoms with Crippen LogP contribution in [0, 0.1) is 11.8 Å². The molecule has 2 nitrogen and oxygen atoms in total. The van der Waals surface area contributed by atoms with Crippen molar-refractivity contribution >= 4 is 5.78 Å². The number of ether oxygens (including phenoxy) is 1. The lowest BCUT2D eigenvalue weighted by molar-refractivity contribution is 0.0960. The standard InChI is InChI=1S/C15H20O2/c1-3-4-6-11-10-14(11)15(16)12-7-5-8-13(9-12)17-2/h5,7-9,11,14H,3-4,6,10H2,1-2H3/t11-,14-/m0/s1. The molecule has 0 N–H and O–H groups in total. The third kappa shape index (κ3) is 2.87. The van der Waals surface area contributed by atoms with E-state index in [0.29, 0.717) is 11.7 Å². The Kier molecular flexibility index (Phi) is 3.82. The number of rotatable bonds is 6. The van der Waals surface area contributed by atoms with Crippen molar-refractivity contribution < 1.29 is 9.53 Å². The highest BCUT2D eigenvalue weighted by atomic mass is 16.5. The fraction of sp³-hybridized carbons (Fsp3) is 0.533. The van der Waals surface area contributed by atoms with Gasteiger partial charge in [0.25, 0.3) is 0 Å². The largest absolute Gasteiger partial charge is 0.497 e. The molecular weight excluding hydrogens is 212 g/mol. The summed E-state index contributed by atoms with van der Waals surface area (Å²) in [6.07, 6.45) is 4.75. The Morgan fingerprint density at radius 1 is 1.47 bits per heavy atom. The molecule has 0 amide bonds. The SMILES string of the molecule is CCCC[C@H]1C[C@@H]1C(=O)c1cccc(OC)c1. The van der Waals surface area contributed by atoms with Crippen LogP contribution < -0.4 is 4.74 Å². The molecule has 2 rings (SSSR count). The summed E-state index contributed by atoms with van der Waals surface area (Å²) in [4.78, 5) is 12.2. The van der Waals surface area contributed by atoms with Crippen molar-refractivity contribution in [2.75, 3.05) is 7.11 Å². The van der Waals surface area contributed by atoms with E-state index in [0.717, 1.165) is 17.7 Å². The Balaban J connectivity index is 1.96. The molecule has 1 aliphatic rings. The topological polar surface area (TPSA) is 26.3 Å². The highest BCUT2D eigenvalue weighted by Gasteiger charge is 2.42. The second-order valence-electron chi connectivity index (χ2n) is 4.84. The number of benzene rings is 1. The molecule has 2 atom stereocenters. The van der Waals surface area contributed by atoms with Crippen molar-refractivity contribution in [3.63, 3.8) is 0 Å². The van der Waals surface area contributed by atoms with Crippen LogP contribution in [0.1, 0.15) is 43.0 Å². The maximum Gasteiger partial charge on any atom is 0.166 e. The molecular formula is C15H20O2. The summed E-state index contributed by atoms with van der Waals surface area (Å²) in [7, 11) is 1.63. The second kappa shape index (κ2) is 5.35. The minimum atomic E-state index is 0.272. The zero-order valence-electron chi connectivity index (χ0n) is 10.6. The summed E-state index contributed by atoms with van der Waals surface area (Å²) in [6.45, 7) is 2.20. The Hall–Kier alpha value is -1.31. The number of carbonyl (C=O) groups excluding carboxylic acids is 1. The van der Waals surface area contributed by atoms with Gasteiger partial charge in [-0.2, -0.15) is 0 Å². The van der Waals surface area contributed by atoms with E-state index in [4.69, 9.17) is 4.74 Å². The normalized spacial score (nSPS) is 22.2. The molecule has 0 bridgehead atoms. The highest BCUT2D eigenvalue weighted by molar-refractivity contribution is 5.99. The van der Waals surface area contributed by atoms with Gasteiger partial charge in [-0.25, -0.2) is 0 Å². The van der Waals surface area contributed by atoms with Gasteiger partial charge in [-0.15, -0.1) is 0 Å². The third-order valence-corrected chi connectivity index (χ3v) is 3.54. The van der Waals surface area contributed by atoms with E-state index in [2.05, 4.69) is 6.92 Å². The van der Waals surface area contributed by atoms with Crippen LogP contribution in [0.4, 0.5) is 0 Å². The zero-order valence-corrected chi connectivity index (χ0v) is 10.6. The van der Waals surface area contributed by atoms with Crippen molar-refractivity contribution in [3.05, 3.63) is 29.8 Å². The molecule has 92 valence electrons. The number of ketones is 1. The fourth-order valence-electron chi connectivity index (χ4n) is 2.34. The first kappa shape index (κ1) is 12.2. The van der Waals surface area contributed by atoms with Gasteiger partial charge < -0.3 is 4.74 Å². The van der Waals surface area contributed by atoms with Crippen molar-refractivity contribution in [1.82, 2.24) is 0 Å². The van der Waals surface area contributed by atoms with Crippen molar-refractivity contribution in [1.29, 1.82) is 0 Å². The highest BCUT2D eigenvalue weighted by Crippen LogP contribution is 2.44. The fourth-order valence-corrected chi connectivity index (χ4v) is 2.34. The number of hydrogen-bond acceptors (Lipinski definition) is 2. The van der Waals surface area contributed by atoms with Crippen molar-refractivity contribution in [3.8, 4) is 5.75 Å². The lowest BCUT2D eigenvalue weighted by atomic mass is 10.0. The van der Waals surface area contributed by atoms with Gasteiger partial charge in [-0.3, -0.25) is 4.79 Å². The van der Waals surface area contributed by atoms with Crippen LogP contribution >= 0.6 is 0 Å². The number of unbranched alkanes of at least 4 members (excludes halogenated alkanes) is 1. The van der Waals surface area contributed by atoms with Crippen molar-refractivity contribution in [2.45, 2.75) is 32.6 Å². The lowest BCUT2D eigenvalue weighted by Gasteiger charge is -2.03. The van der Waals surface area contributed by atoms with Gasteiger partial charge in [0.1, 0.15) is 5.75 Å². The summed E-state index contributed by atoms with van der Waals surface area (Å²) in [5.74, 6) is 1.97. The number of carbonyl (C=O) groups is 1. The molecule has 1 saturated carbocycles. The Labute approximate surface area is 103 Å². The Morgan fingerprint density at radius 2 is 2.29 bits per heavy atom. The first-order valence-corrected chi connectivity index (χ1v) is 6.44. The van der Waals surface area contributed by atoms with E-state index in [9.17, 15) is 4.79 Å². The van der Waals surface area contributed by atoms with Crippen LogP contribution in [0.25, 0.3) is 0 Å². The van der Waals surface area contributed by atoms with Gasteiger partial charge in [-0.05, 0) is 30.9 Å². The predicted molar refractivity (Wildman–Crippen MR) is 68.4 cm³/mol. The number of Topliss-reactive ketones (excluding diaryl/α,β-unsaturated/α-hetero) is 1. The summed E-state index contributed by atoms with van der Waals surface area (Å²) in [5.41, 5.74) is 0.799. The van der Waals surface area contributed by atoms with Crippen LogP contribution in [0.5, 0.6) is 5.75 Å². The molecule has 1 aliphatic carbocycles. The van der Waals surface area contributed by atoms with Crippen molar-refractivity contribution in [2.24, 2.45) is 11.8 Å². The molecule has 1 fully saturated rings. The van der Waals surface area contributed by atoms with E-state index in [1.165, 1.54) is 19.3 Å². The Morgan fingerprint density at radius 3 is 3.00 bits per heavy atom. The number of methoxy groups -OCH3 is 1. The molecule has 0 aromatic heterocycles. The maximum atomic E-state index is 12.2. The molecule has 0 spiro atoms. The lowest BCUT2D eigenvalue weighted by Crippen LogP contribution is -2.03. The molecule has 17 heavy (non-hydrogen) atoms. The van der Waals surface area contributed by atoms with Crippen LogP contribution in [-0.2, 0) is 0 Å². The number of hydrogen-bond donors (Lipinski definition) is 0. The average molecular weight is 232 g/mol. The molecule has 1 aromatic carbocycles. The van der Waals surface area contributed by atoms with Gasteiger partial charge in [0.2, 0.25) is 0 Å². The van der Waals surface area contributed by atoms with Crippen LogP contribution in [0.3, 0.4) is 0 Å². The summed E-state index contributed by atoms with van der Waals surface area (Å²) >= 11 is 0. The average Bonchev–Trinajstić information content (AvgIpc) is 3.15. The summed E-state index contributed by atoms with van der Waals surface area (Å²) < 4.78 is 5.14. The van der Waals surface area contributed by atoms with E-state index >= 15 is 0 Å². The van der Waals surface area contributed by atoms with E-state index in [1.54, 1.807) is 7.11 Å². The van der Waals surface area contributed by atoms with Gasteiger partial charge in [0.15, 0.2) is 5.78 Å². The minimum Gasteiger partial charge on any atom is -0.497 e. The summed E-state index contributed by atoms with van der Waals surface area (Å²) in [5, 5.41) is 0. The van der Waals surface area contributed by atoms with Gasteiger partial charge >= 0.3 is 0 Å². The molecule has 1 aromatic rings. The van der Waals surface area contributed by atoms with Crippen LogP contribution in [0.15, 0.2) is 24.3 Å². The van der Waals surface area contributed by atoms with Gasteiger partial charge in [0.05, 0.1) is 7.11 Å². The smallest absolute Gasteiger partial charge is 0.166 e. The Bertz CT molecular complexity index is 398. The monoisotopic (exact) mass is 232 g/mol. The van der Waals surface area contributed by atoms with Crippen LogP contribution in [0.2, 0.25) is 0 Å². The van der Waals surface area contributed by atoms with Gasteiger partial charge in [0, 0.05) is 11.5 Å². The predicted octanol–water partition coefficient (Wildman–Crippen LogP) is 3.70. The van der Waals surface area contributed by atoms with E-state index in [1.807, 2.05) is 24.3 Å². The van der Waals surface area contributed by atoms with E-state index < -0.39 is 0 Å². The van der Waals surface area contributed by atoms with Crippen LogP contribution in [-0.4, -0.2) is 12.9 Å². The molecule has 0 unspecified atom stereocenters. The zero-order chi connectivity index (χ0) is 12.3. The second-order valence-corrected chi connectivity index (χ2v) is 4.84. The van der Waals surface area contributed by atoms with Gasteiger partial charge in [-0.1, -0.05) is 31.9 Å². The first-order chi connectivity index (χ1) is 8.26. The maximum absolute atomic E-state index is 12.2. The minimum absolute atomic E-state index is 0.272. The molecule has 0 saturated heterocycles. The van der Waals surface area contributed by atoms with E-state index in [-0.39, 0.29) is 5.92 Å². The molecule has 0 heterocycles.